The lowest BCUT2D eigenvalue weighted by Gasteiger charge is -2.07. The third-order valence-electron chi connectivity index (χ3n) is 4.02. The van der Waals surface area contributed by atoms with Crippen molar-refractivity contribution in [1.82, 2.24) is 25.1 Å². The van der Waals surface area contributed by atoms with Gasteiger partial charge in [-0.05, 0) is 30.3 Å². The lowest BCUT2D eigenvalue weighted by Crippen LogP contribution is -2.24. The molecule has 4 aromatic rings. The van der Waals surface area contributed by atoms with Crippen molar-refractivity contribution in [2.24, 2.45) is 0 Å². The molecule has 0 aliphatic carbocycles. The Labute approximate surface area is 153 Å². The fourth-order valence-corrected chi connectivity index (χ4v) is 2.67. The minimum atomic E-state index is -0.272. The number of rotatable bonds is 5. The molecule has 0 spiro atoms. The third kappa shape index (κ3) is 3.10. The molecule has 9 nitrogen and oxygen atoms in total. The summed E-state index contributed by atoms with van der Waals surface area (Å²) < 4.78 is 16.9. The zero-order chi connectivity index (χ0) is 18.8. The molecule has 0 unspecified atom stereocenters. The van der Waals surface area contributed by atoms with Gasteiger partial charge in [-0.1, -0.05) is 22.5 Å². The molecule has 0 atom stereocenters. The van der Waals surface area contributed by atoms with E-state index in [-0.39, 0.29) is 18.0 Å². The van der Waals surface area contributed by atoms with Crippen LogP contribution in [0.1, 0.15) is 5.89 Å². The van der Waals surface area contributed by atoms with Gasteiger partial charge < -0.3 is 14.0 Å². The molecule has 2 aromatic heterocycles. The van der Waals surface area contributed by atoms with Crippen molar-refractivity contribution in [2.75, 3.05) is 14.2 Å². The fraction of sp³-hybridized carbons (Fsp3) is 0.167. The van der Waals surface area contributed by atoms with E-state index < -0.39 is 0 Å². The van der Waals surface area contributed by atoms with Crippen molar-refractivity contribution in [3.63, 3.8) is 0 Å². The first-order valence-electron chi connectivity index (χ1n) is 8.07. The number of methoxy groups -OCH3 is 2. The molecule has 136 valence electrons. The van der Waals surface area contributed by atoms with Gasteiger partial charge in [0.15, 0.2) is 11.5 Å². The molecule has 0 amide bonds. The van der Waals surface area contributed by atoms with E-state index in [1.807, 2.05) is 0 Å². The van der Waals surface area contributed by atoms with Crippen LogP contribution in [0.5, 0.6) is 11.5 Å². The van der Waals surface area contributed by atoms with E-state index in [4.69, 9.17) is 14.0 Å². The monoisotopic (exact) mass is 365 g/mol. The number of benzene rings is 2. The molecule has 0 radical (unpaired) electrons. The molecule has 0 saturated carbocycles. The summed E-state index contributed by atoms with van der Waals surface area (Å²) in [6, 6.07) is 12.3. The quantitative estimate of drug-likeness (QED) is 0.528. The Morgan fingerprint density at radius 1 is 1.07 bits per heavy atom. The summed E-state index contributed by atoms with van der Waals surface area (Å²) in [5.74, 6) is 1.76. The molecule has 0 aliphatic heterocycles. The van der Waals surface area contributed by atoms with Crippen LogP contribution in [0.3, 0.4) is 0 Å². The van der Waals surface area contributed by atoms with Gasteiger partial charge in [0.2, 0.25) is 11.7 Å². The smallest absolute Gasteiger partial charge is 0.278 e. The van der Waals surface area contributed by atoms with Crippen molar-refractivity contribution in [3.8, 4) is 22.9 Å². The Bertz CT molecular complexity index is 1170. The van der Waals surface area contributed by atoms with E-state index >= 15 is 0 Å². The highest BCUT2D eigenvalue weighted by Gasteiger charge is 2.14. The van der Waals surface area contributed by atoms with Gasteiger partial charge in [0, 0.05) is 5.56 Å². The van der Waals surface area contributed by atoms with Gasteiger partial charge in [-0.2, -0.15) is 4.98 Å². The SMILES string of the molecule is COc1ccc(-c2noc(Cn3nnc4ccccc4c3=O)n2)cc1OC. The van der Waals surface area contributed by atoms with Crippen molar-refractivity contribution in [1.29, 1.82) is 0 Å². The van der Waals surface area contributed by atoms with Gasteiger partial charge in [-0.3, -0.25) is 4.79 Å². The maximum atomic E-state index is 12.5. The van der Waals surface area contributed by atoms with Crippen LogP contribution in [0, 0.1) is 0 Å². The Balaban J connectivity index is 1.64. The molecule has 0 N–H and O–H groups in total. The van der Waals surface area contributed by atoms with Crippen LogP contribution in [0.15, 0.2) is 51.8 Å². The Morgan fingerprint density at radius 2 is 1.89 bits per heavy atom. The zero-order valence-corrected chi connectivity index (χ0v) is 14.6. The van der Waals surface area contributed by atoms with Crippen LogP contribution in [0.2, 0.25) is 0 Å². The van der Waals surface area contributed by atoms with Crippen LogP contribution in [0.25, 0.3) is 22.3 Å². The molecular formula is C18H15N5O4. The van der Waals surface area contributed by atoms with Gasteiger partial charge in [0.1, 0.15) is 12.1 Å². The van der Waals surface area contributed by atoms with Crippen molar-refractivity contribution in [2.45, 2.75) is 6.54 Å². The number of fused-ring (bicyclic) bond motifs is 1. The van der Waals surface area contributed by atoms with Crippen molar-refractivity contribution >= 4 is 10.9 Å². The molecule has 0 aliphatic rings. The standard InChI is InChI=1S/C18H15N5O4/c1-25-14-8-7-11(9-15(14)26-2)17-19-16(27-21-17)10-23-18(24)12-5-3-4-6-13(12)20-22-23/h3-9H,10H2,1-2H3. The van der Waals surface area contributed by atoms with E-state index in [1.165, 1.54) is 4.68 Å². The number of hydrogen-bond acceptors (Lipinski definition) is 8. The average molecular weight is 365 g/mol. The zero-order valence-electron chi connectivity index (χ0n) is 14.6. The van der Waals surface area contributed by atoms with Crippen LogP contribution in [0.4, 0.5) is 0 Å². The van der Waals surface area contributed by atoms with Crippen LogP contribution in [-0.4, -0.2) is 39.4 Å². The second-order valence-corrected chi connectivity index (χ2v) is 5.65. The Kier molecular flexibility index (Phi) is 4.25. The van der Waals surface area contributed by atoms with Gasteiger partial charge in [-0.15, -0.1) is 5.10 Å². The molecule has 0 saturated heterocycles. The Morgan fingerprint density at radius 3 is 2.70 bits per heavy atom. The number of ether oxygens (including phenoxy) is 2. The molecule has 2 heterocycles. The lowest BCUT2D eigenvalue weighted by molar-refractivity contribution is 0.354. The van der Waals surface area contributed by atoms with E-state index in [2.05, 4.69) is 20.5 Å². The molecular weight excluding hydrogens is 350 g/mol. The van der Waals surface area contributed by atoms with E-state index in [9.17, 15) is 4.79 Å². The van der Waals surface area contributed by atoms with E-state index in [1.54, 1.807) is 56.7 Å². The Hall–Kier alpha value is -3.75. The average Bonchev–Trinajstić information content (AvgIpc) is 3.18. The normalized spacial score (nSPS) is 10.9. The summed E-state index contributed by atoms with van der Waals surface area (Å²) in [5.41, 5.74) is 0.960. The molecule has 9 heteroatoms. The maximum Gasteiger partial charge on any atom is 0.278 e. The molecule has 4 rings (SSSR count). The predicted molar refractivity (Wildman–Crippen MR) is 95.7 cm³/mol. The van der Waals surface area contributed by atoms with E-state index in [0.717, 1.165) is 0 Å². The fourth-order valence-electron chi connectivity index (χ4n) is 2.67. The van der Waals surface area contributed by atoms with Gasteiger partial charge in [0.05, 0.1) is 19.6 Å². The minimum absolute atomic E-state index is 0.0248. The van der Waals surface area contributed by atoms with Crippen LogP contribution >= 0.6 is 0 Å². The second kappa shape index (κ2) is 6.87. The molecule has 2 aromatic carbocycles. The summed E-state index contributed by atoms with van der Waals surface area (Å²) in [6.07, 6.45) is 0. The van der Waals surface area contributed by atoms with Gasteiger partial charge in [0.25, 0.3) is 5.56 Å². The summed E-state index contributed by atoms with van der Waals surface area (Å²) in [6.45, 7) is 0.0248. The first-order valence-corrected chi connectivity index (χ1v) is 8.07. The number of aromatic nitrogens is 5. The summed E-state index contributed by atoms with van der Waals surface area (Å²) >= 11 is 0. The number of hydrogen-bond donors (Lipinski definition) is 0. The summed E-state index contributed by atoms with van der Waals surface area (Å²) in [7, 11) is 3.11. The highest BCUT2D eigenvalue weighted by molar-refractivity contribution is 5.76. The van der Waals surface area contributed by atoms with E-state index in [0.29, 0.717) is 33.8 Å². The summed E-state index contributed by atoms with van der Waals surface area (Å²) in [5, 5.41) is 12.4. The number of nitrogens with zero attached hydrogens (tertiary/aromatic N) is 5. The second-order valence-electron chi connectivity index (χ2n) is 5.65. The molecule has 27 heavy (non-hydrogen) atoms. The summed E-state index contributed by atoms with van der Waals surface area (Å²) in [4.78, 5) is 16.8. The lowest BCUT2D eigenvalue weighted by atomic mass is 10.2. The van der Waals surface area contributed by atoms with Gasteiger partial charge in [-0.25, -0.2) is 4.68 Å². The van der Waals surface area contributed by atoms with Crippen molar-refractivity contribution in [3.05, 3.63) is 58.7 Å². The largest absolute Gasteiger partial charge is 0.493 e. The minimum Gasteiger partial charge on any atom is -0.493 e. The third-order valence-corrected chi connectivity index (χ3v) is 4.02. The predicted octanol–water partition coefficient (Wildman–Crippen LogP) is 1.91. The maximum absolute atomic E-state index is 12.5. The highest BCUT2D eigenvalue weighted by Crippen LogP contribution is 2.31. The molecule has 0 bridgehead atoms. The highest BCUT2D eigenvalue weighted by atomic mass is 16.5. The van der Waals surface area contributed by atoms with Crippen LogP contribution in [-0.2, 0) is 6.54 Å². The topological polar surface area (TPSA) is 105 Å². The first kappa shape index (κ1) is 16.7. The van der Waals surface area contributed by atoms with Gasteiger partial charge >= 0.3 is 0 Å². The van der Waals surface area contributed by atoms with Crippen LogP contribution < -0.4 is 15.0 Å². The van der Waals surface area contributed by atoms with Crippen molar-refractivity contribution < 1.29 is 14.0 Å². The molecule has 0 fully saturated rings. The first-order chi connectivity index (χ1) is 13.2.